The maximum atomic E-state index is 9.96. The van der Waals surface area contributed by atoms with Crippen LogP contribution in [0.2, 0.25) is 0 Å². The summed E-state index contributed by atoms with van der Waals surface area (Å²) in [5, 5.41) is -0.555. The van der Waals surface area contributed by atoms with E-state index in [4.69, 9.17) is 24.8 Å². The summed E-state index contributed by atoms with van der Waals surface area (Å²) in [6.07, 6.45) is 4.81. The Morgan fingerprint density at radius 1 is 0.531 bits per heavy atom. The molecule has 6 heteroatoms. The van der Waals surface area contributed by atoms with Gasteiger partial charge in [-0.25, -0.2) is 4.98 Å². The molecule has 3 aromatic heterocycles. The van der Waals surface area contributed by atoms with Gasteiger partial charge >= 0.3 is 0 Å². The van der Waals surface area contributed by atoms with Crippen molar-refractivity contribution in [3.05, 3.63) is 284 Å². The van der Waals surface area contributed by atoms with Gasteiger partial charge in [-0.2, -0.15) is 0 Å². The van der Waals surface area contributed by atoms with Crippen LogP contribution in [0.3, 0.4) is 0 Å². The van der Waals surface area contributed by atoms with E-state index >= 15 is 0 Å². The lowest BCUT2D eigenvalue weighted by atomic mass is 9.85. The number of ether oxygens (including phenoxy) is 1. The first-order chi connectivity index (χ1) is 48.8. The van der Waals surface area contributed by atoms with E-state index in [1.54, 1.807) is 62.2 Å². The van der Waals surface area contributed by atoms with E-state index in [-0.39, 0.29) is 44.5 Å². The van der Waals surface area contributed by atoms with Crippen LogP contribution in [0, 0.1) is 13.2 Å². The number of fused-ring (bicyclic) bond motifs is 4. The largest absolute Gasteiger partial charge is 0.458 e. The molecule has 0 saturated heterocycles. The van der Waals surface area contributed by atoms with Crippen LogP contribution in [-0.4, -0.2) is 22.2 Å². The third-order valence-electron chi connectivity index (χ3n) is 14.7. The van der Waals surface area contributed by atoms with Crippen LogP contribution in [0.4, 0.5) is 0 Å². The lowest BCUT2D eigenvalue weighted by Gasteiger charge is -2.38. The minimum absolute atomic E-state index is 0.0950. The third kappa shape index (κ3) is 9.16. The van der Waals surface area contributed by atoms with Crippen molar-refractivity contribution in [2.24, 2.45) is 0 Å². The average Bonchev–Trinajstić information content (AvgIpc) is 0.713. The summed E-state index contributed by atoms with van der Waals surface area (Å²) in [5.74, 6) is 0.731. The number of rotatable bonds is 11. The van der Waals surface area contributed by atoms with Crippen molar-refractivity contribution in [1.29, 1.82) is 0 Å². The number of nitrogens with zero attached hydrogens (tertiary/aromatic N) is 4. The van der Waals surface area contributed by atoms with Gasteiger partial charge in [-0.15, -0.1) is 0 Å². The van der Waals surface area contributed by atoms with Gasteiger partial charge in [-0.3, -0.25) is 13.7 Å². The summed E-state index contributed by atoms with van der Waals surface area (Å²) in [7, 11) is -5.78. The Kier molecular flexibility index (Phi) is 7.91. The van der Waals surface area contributed by atoms with Crippen LogP contribution in [0.25, 0.3) is 72.3 Å². The third-order valence-corrected chi connectivity index (χ3v) is 18.9. The zero-order valence-corrected chi connectivity index (χ0v) is 46.0. The van der Waals surface area contributed by atoms with Crippen molar-refractivity contribution < 1.29 is 40.8 Å². The van der Waals surface area contributed by atoms with E-state index < -0.39 is 157 Å². The highest BCUT2D eigenvalue weighted by molar-refractivity contribution is 7.20. The Morgan fingerprint density at radius 2 is 1.15 bits per heavy atom. The molecule has 0 N–H and O–H groups in total. The number of hydrogen-bond acceptors (Lipinski definition) is 2. The van der Waals surface area contributed by atoms with Crippen molar-refractivity contribution in [3.63, 3.8) is 0 Å². The Hall–Kier alpha value is -9.36. The first-order valence-corrected chi connectivity index (χ1v) is 28.2. The van der Waals surface area contributed by atoms with Crippen LogP contribution in [-0.2, 0) is 10.8 Å². The molecule has 0 aliphatic rings. The molecule has 0 unspecified atom stereocenters. The number of imidazole rings is 1. The maximum absolute atomic E-state index is 9.96. The minimum atomic E-state index is -5.78. The maximum Gasteiger partial charge on any atom is 0.269 e. The van der Waals surface area contributed by atoms with E-state index in [9.17, 15) is 16.4 Å². The van der Waals surface area contributed by atoms with Gasteiger partial charge < -0.3 is 4.74 Å². The molecule has 5 nitrogen and oxygen atoms in total. The van der Waals surface area contributed by atoms with E-state index in [2.05, 4.69) is 27.1 Å². The molecule has 3 heterocycles. The molecule has 0 amide bonds. The van der Waals surface area contributed by atoms with E-state index in [0.717, 1.165) is 27.5 Å². The normalized spacial score (nSPS) is 16.3. The van der Waals surface area contributed by atoms with Gasteiger partial charge in [0.2, 0.25) is 0 Å². The molecule has 0 fully saturated rings. The fraction of sp³-hybridized carbons (Fsp3) is 0.120. The molecule has 13 aromatic rings. The van der Waals surface area contributed by atoms with Gasteiger partial charge in [-0.05, 0) is 120 Å². The summed E-state index contributed by atoms with van der Waals surface area (Å²) in [6.45, 7) is 9.10. The Morgan fingerprint density at radius 3 is 1.80 bits per heavy atom. The molecule has 0 spiro atoms. The Balaban J connectivity index is 1.09. The highest BCUT2D eigenvalue weighted by Crippen LogP contribution is 2.38. The molecule has 0 aliphatic carbocycles. The fourth-order valence-corrected chi connectivity index (χ4v) is 14.8. The van der Waals surface area contributed by atoms with Crippen molar-refractivity contribution >= 4 is 61.7 Å². The lowest BCUT2D eigenvalue weighted by Crippen LogP contribution is -2.76. The van der Waals surface area contributed by atoms with Crippen molar-refractivity contribution in [2.45, 2.75) is 59.2 Å². The molecule has 0 atom stereocenters. The van der Waals surface area contributed by atoms with Crippen molar-refractivity contribution in [2.75, 3.05) is 0 Å². The van der Waals surface area contributed by atoms with E-state index in [0.29, 0.717) is 39.1 Å². The molecular weight excluding hydrogens is 1000 g/mol. The second-order valence-corrected chi connectivity index (χ2v) is 25.3. The topological polar surface area (TPSA) is 35.9 Å². The van der Waals surface area contributed by atoms with Crippen LogP contribution in [0.5, 0.6) is 11.5 Å². The number of para-hydroxylation sites is 2. The first kappa shape index (κ1) is 31.4. The zero-order chi connectivity index (χ0) is 75.4. The first-order valence-electron chi connectivity index (χ1n) is 37.7. The molecule has 10 aromatic carbocycles. The predicted octanol–water partition coefficient (Wildman–Crippen LogP) is 15.6. The van der Waals surface area contributed by atoms with Crippen molar-refractivity contribution in [1.82, 2.24) is 14.1 Å². The molecule has 13 rings (SSSR count). The molecule has 0 saturated carbocycles. The smallest absolute Gasteiger partial charge is 0.269 e. The predicted molar refractivity (Wildman–Crippen MR) is 339 cm³/mol. The van der Waals surface area contributed by atoms with Gasteiger partial charge in [0.05, 0.1) is 60.9 Å². The second-order valence-electron chi connectivity index (χ2n) is 21.7. The van der Waals surface area contributed by atoms with Gasteiger partial charge in [0, 0.05) is 32.7 Å². The number of aryl methyl sites for hydroxylation is 1. The molecule has 0 bridgehead atoms. The lowest BCUT2D eigenvalue weighted by molar-refractivity contribution is -0.572. The van der Waals surface area contributed by atoms with Gasteiger partial charge in [0.1, 0.15) is 17.3 Å². The summed E-state index contributed by atoms with van der Waals surface area (Å²) >= 11 is 0. The Bertz CT molecular complexity index is 5530. The summed E-state index contributed by atoms with van der Waals surface area (Å²) in [6, 6.07) is 23.2. The van der Waals surface area contributed by atoms with E-state index in [1.807, 2.05) is 93.6 Å². The van der Waals surface area contributed by atoms with E-state index in [1.165, 1.54) is 18.3 Å². The number of hydrogen-bond donors (Lipinski definition) is 0. The summed E-state index contributed by atoms with van der Waals surface area (Å²) < 4.78 is 223. The van der Waals surface area contributed by atoms with Crippen LogP contribution in [0.1, 0.15) is 89.8 Å². The SMILES string of the molecule is [2H]c1c([2H])c([2H])c(-c2cnc(-n3c4ccccc4c4ccc(Oc5cccc(-n6[c-][n+](-c7c(C(C)(C)C)cccc7[Si](c7c([2H])c([2H])c([2H])c([2H])c7[2H])(c7c([2H])c([2H])c([2H])c([2H])c7[2H])c7c([2H])c([2H])c([2H])c([2H])c7[2H])c7ccc(-c8ccc(C(C)(C)C)cc8)cc76)c5)cc43)cc2C([2H])([2H])[2H])c([2H])c1[2H]. The molecule has 394 valence electrons. The van der Waals surface area contributed by atoms with Gasteiger partial charge in [0.15, 0.2) is 8.07 Å². The van der Waals surface area contributed by atoms with Crippen molar-refractivity contribution in [3.8, 4) is 50.9 Å². The molecule has 0 radical (unpaired) electrons. The number of aromatic nitrogens is 4. The monoisotopic (exact) mass is 1090 g/mol. The fourth-order valence-electron chi connectivity index (χ4n) is 10.8. The summed E-state index contributed by atoms with van der Waals surface area (Å²) in [5.41, 5.74) is 3.70. The second kappa shape index (κ2) is 20.4. The summed E-state index contributed by atoms with van der Waals surface area (Å²) in [4.78, 5) is 4.73. The minimum Gasteiger partial charge on any atom is -0.458 e. The molecule has 81 heavy (non-hydrogen) atoms. The molecular formula is C75H64N4OSi. The standard InChI is InChI=1S/C75H64N4OSi/c1-52-46-72(76-50-65(52)54-24-12-8-13-25-54)79-67-36-21-20-34-63(67)64-44-43-59(49-69(64)79)80-58-27-22-26-57(48-58)77-51-78(68-45-40-55(47-70(68)77)53-38-41-56(42-39-53)74(2,3)4)73-66(75(5,6)7)35-23-37-71(73)81(60-28-14-9-15-29-60,61-30-16-10-17-31-61)62-32-18-11-19-33-62/h8-50H,1-7H3/i1D3,8D,9D,10D,11D,12D,13D,14D,15D,16D,17D,18D,19D,24D,25D,28D,29D,30D,31D,32D,33D. The Labute approximate surface area is 509 Å². The zero-order valence-electron chi connectivity index (χ0n) is 68.0. The van der Waals surface area contributed by atoms with Crippen LogP contribution >= 0.6 is 0 Å². The van der Waals surface area contributed by atoms with Gasteiger partial charge in [0.25, 0.3) is 6.33 Å². The van der Waals surface area contributed by atoms with Gasteiger partial charge in [-0.1, -0.05) is 241 Å². The van der Waals surface area contributed by atoms with Crippen LogP contribution < -0.4 is 30.1 Å². The average molecular weight is 1090 g/mol. The van der Waals surface area contributed by atoms with Crippen LogP contribution in [0.15, 0.2) is 261 Å². The highest BCUT2D eigenvalue weighted by atomic mass is 28.3. The molecule has 0 aliphatic heterocycles. The number of benzene rings is 10. The number of pyridine rings is 1. The quantitative estimate of drug-likeness (QED) is 0.0560. The highest BCUT2D eigenvalue weighted by Gasteiger charge is 2.44.